The number of aromatic nitrogens is 2. The Kier molecular flexibility index (Phi) is 3.40. The van der Waals surface area contributed by atoms with Crippen molar-refractivity contribution >= 4 is 17.5 Å². The van der Waals surface area contributed by atoms with Crippen molar-refractivity contribution in [2.75, 3.05) is 24.5 Å². The molecule has 0 saturated carbocycles. The zero-order valence-corrected chi connectivity index (χ0v) is 13.7. The number of aromatic amines is 1. The second-order valence-electron chi connectivity index (χ2n) is 6.94. The highest BCUT2D eigenvalue weighted by atomic mass is 16.2. The third-order valence-electron chi connectivity index (χ3n) is 5.12. The predicted molar refractivity (Wildman–Crippen MR) is 89.7 cm³/mol. The van der Waals surface area contributed by atoms with E-state index in [1.165, 1.54) is 5.56 Å². The van der Waals surface area contributed by atoms with Gasteiger partial charge in [-0.25, -0.2) is 0 Å². The molecule has 6 heteroatoms. The quantitative estimate of drug-likeness (QED) is 0.918. The summed E-state index contributed by atoms with van der Waals surface area (Å²) in [5.74, 6) is 0.111. The van der Waals surface area contributed by atoms with Crippen LogP contribution in [0.15, 0.2) is 36.5 Å². The van der Waals surface area contributed by atoms with E-state index in [2.05, 4.69) is 10.2 Å². The Morgan fingerprint density at radius 2 is 2.00 bits per heavy atom. The fourth-order valence-corrected chi connectivity index (χ4v) is 3.78. The molecule has 1 aromatic carbocycles. The van der Waals surface area contributed by atoms with Crippen molar-refractivity contribution in [3.05, 3.63) is 47.8 Å². The van der Waals surface area contributed by atoms with Gasteiger partial charge in [0.15, 0.2) is 0 Å². The van der Waals surface area contributed by atoms with Gasteiger partial charge in [0.2, 0.25) is 5.91 Å². The van der Waals surface area contributed by atoms with Crippen molar-refractivity contribution in [2.45, 2.75) is 19.8 Å². The van der Waals surface area contributed by atoms with Gasteiger partial charge in [-0.3, -0.25) is 14.7 Å². The standard InChI is InChI=1S/C18H20N4O2/c1-13-2-4-14(5-3-13)22-12-18(10-16(22)23)7-9-21(11-18)17(24)15-6-8-19-20-15/h2-6,8H,7,9-12H2,1H3,(H,19,20)/t18-/m1/s1. The van der Waals surface area contributed by atoms with Crippen LogP contribution in [0.3, 0.4) is 0 Å². The van der Waals surface area contributed by atoms with E-state index in [9.17, 15) is 9.59 Å². The number of aryl methyl sites for hydroxylation is 1. The summed E-state index contributed by atoms with van der Waals surface area (Å²) in [6, 6.07) is 9.72. The highest BCUT2D eigenvalue weighted by Crippen LogP contribution is 2.42. The second-order valence-corrected chi connectivity index (χ2v) is 6.94. The van der Waals surface area contributed by atoms with Gasteiger partial charge in [0.1, 0.15) is 5.69 Å². The number of nitrogens with one attached hydrogen (secondary N) is 1. The van der Waals surface area contributed by atoms with Crippen molar-refractivity contribution in [2.24, 2.45) is 5.41 Å². The van der Waals surface area contributed by atoms with Crippen LogP contribution in [-0.4, -0.2) is 46.5 Å². The van der Waals surface area contributed by atoms with E-state index in [1.807, 2.05) is 41.0 Å². The third kappa shape index (κ3) is 2.48. The zero-order valence-electron chi connectivity index (χ0n) is 13.7. The first kappa shape index (κ1) is 14.9. The summed E-state index contributed by atoms with van der Waals surface area (Å²) < 4.78 is 0. The molecule has 2 aliphatic heterocycles. The van der Waals surface area contributed by atoms with Crippen LogP contribution in [0.4, 0.5) is 5.69 Å². The minimum absolute atomic E-state index is 0.0365. The highest BCUT2D eigenvalue weighted by molar-refractivity contribution is 5.97. The number of hydrogen-bond acceptors (Lipinski definition) is 3. The average molecular weight is 324 g/mol. The highest BCUT2D eigenvalue weighted by Gasteiger charge is 2.48. The number of nitrogens with zero attached hydrogens (tertiary/aromatic N) is 3. The second kappa shape index (κ2) is 5.47. The molecule has 6 nitrogen and oxygen atoms in total. The minimum Gasteiger partial charge on any atom is -0.337 e. The van der Waals surface area contributed by atoms with Gasteiger partial charge in [0.25, 0.3) is 5.91 Å². The normalized spacial score (nSPS) is 23.5. The lowest BCUT2D eigenvalue weighted by Crippen LogP contribution is -2.34. The van der Waals surface area contributed by atoms with Crippen LogP contribution in [0.5, 0.6) is 0 Å². The molecule has 0 bridgehead atoms. The van der Waals surface area contributed by atoms with Crippen LogP contribution in [0, 0.1) is 12.3 Å². The summed E-state index contributed by atoms with van der Waals surface area (Å²) in [5.41, 5.74) is 2.50. The first-order valence-corrected chi connectivity index (χ1v) is 8.22. The maximum atomic E-state index is 12.5. The smallest absolute Gasteiger partial charge is 0.271 e. The van der Waals surface area contributed by atoms with Gasteiger partial charge in [-0.15, -0.1) is 0 Å². The van der Waals surface area contributed by atoms with Gasteiger partial charge in [-0.2, -0.15) is 5.10 Å². The maximum absolute atomic E-state index is 12.5. The van der Waals surface area contributed by atoms with Crippen LogP contribution >= 0.6 is 0 Å². The number of amides is 2. The monoisotopic (exact) mass is 324 g/mol. The van der Waals surface area contributed by atoms with E-state index in [0.29, 0.717) is 31.7 Å². The van der Waals surface area contributed by atoms with E-state index in [0.717, 1.165) is 12.1 Å². The van der Waals surface area contributed by atoms with Crippen molar-refractivity contribution in [3.8, 4) is 0 Å². The topological polar surface area (TPSA) is 69.3 Å². The summed E-state index contributed by atoms with van der Waals surface area (Å²) >= 11 is 0. The molecular formula is C18H20N4O2. The molecule has 1 atom stereocenters. The molecule has 0 unspecified atom stereocenters. The predicted octanol–water partition coefficient (Wildman–Crippen LogP) is 1.99. The number of carbonyl (C=O) groups excluding carboxylic acids is 2. The molecule has 1 aromatic heterocycles. The fourth-order valence-electron chi connectivity index (χ4n) is 3.78. The van der Waals surface area contributed by atoms with Gasteiger partial charge in [-0.05, 0) is 31.5 Å². The molecule has 0 aliphatic carbocycles. The van der Waals surface area contributed by atoms with E-state index in [4.69, 9.17) is 0 Å². The minimum atomic E-state index is -0.127. The van der Waals surface area contributed by atoms with E-state index < -0.39 is 0 Å². The number of rotatable bonds is 2. The van der Waals surface area contributed by atoms with Gasteiger partial charge in [0.05, 0.1) is 0 Å². The Hall–Kier alpha value is -2.63. The van der Waals surface area contributed by atoms with Crippen LogP contribution in [0.2, 0.25) is 0 Å². The molecule has 24 heavy (non-hydrogen) atoms. The van der Waals surface area contributed by atoms with Crippen molar-refractivity contribution in [3.63, 3.8) is 0 Å². The van der Waals surface area contributed by atoms with Crippen molar-refractivity contribution in [1.29, 1.82) is 0 Å². The molecule has 2 aliphatic rings. The van der Waals surface area contributed by atoms with Gasteiger partial charge >= 0.3 is 0 Å². The zero-order chi connectivity index (χ0) is 16.7. The molecular weight excluding hydrogens is 304 g/mol. The van der Waals surface area contributed by atoms with E-state index >= 15 is 0 Å². The third-order valence-corrected chi connectivity index (χ3v) is 5.12. The first-order chi connectivity index (χ1) is 11.6. The van der Waals surface area contributed by atoms with Crippen molar-refractivity contribution in [1.82, 2.24) is 15.1 Å². The molecule has 0 radical (unpaired) electrons. The summed E-state index contributed by atoms with van der Waals surface area (Å²) in [5, 5.41) is 6.56. The van der Waals surface area contributed by atoms with Crippen molar-refractivity contribution < 1.29 is 9.59 Å². The van der Waals surface area contributed by atoms with Gasteiger partial charge in [0, 0.05) is 43.4 Å². The molecule has 4 rings (SSSR count). The van der Waals surface area contributed by atoms with Crippen LogP contribution in [0.25, 0.3) is 0 Å². The summed E-state index contributed by atoms with van der Waals surface area (Å²) in [4.78, 5) is 28.7. The number of hydrogen-bond donors (Lipinski definition) is 1. The lowest BCUT2D eigenvalue weighted by atomic mass is 9.86. The maximum Gasteiger partial charge on any atom is 0.271 e. The summed E-state index contributed by atoms with van der Waals surface area (Å²) in [6.45, 7) is 4.03. The lowest BCUT2D eigenvalue weighted by molar-refractivity contribution is -0.117. The number of carbonyl (C=O) groups is 2. The number of benzene rings is 1. The Bertz CT molecular complexity index is 769. The fraction of sp³-hybridized carbons (Fsp3) is 0.389. The Morgan fingerprint density at radius 1 is 1.21 bits per heavy atom. The first-order valence-electron chi connectivity index (χ1n) is 8.22. The SMILES string of the molecule is Cc1ccc(N2C[C@]3(CCN(C(=O)c4ccn[nH]4)C3)CC2=O)cc1. The Labute approximate surface area is 140 Å². The number of likely N-dealkylation sites (tertiary alicyclic amines) is 1. The lowest BCUT2D eigenvalue weighted by Gasteiger charge is -2.24. The largest absolute Gasteiger partial charge is 0.337 e. The van der Waals surface area contributed by atoms with Crippen LogP contribution < -0.4 is 4.90 Å². The van der Waals surface area contributed by atoms with Crippen LogP contribution in [-0.2, 0) is 4.79 Å². The number of H-pyrrole nitrogens is 1. The summed E-state index contributed by atoms with van der Waals surface area (Å²) in [7, 11) is 0. The molecule has 1 spiro atoms. The van der Waals surface area contributed by atoms with E-state index in [1.54, 1.807) is 12.3 Å². The molecule has 124 valence electrons. The molecule has 3 heterocycles. The molecule has 1 N–H and O–H groups in total. The van der Waals surface area contributed by atoms with E-state index in [-0.39, 0.29) is 17.2 Å². The molecule has 2 aromatic rings. The Balaban J connectivity index is 1.50. The number of anilines is 1. The Morgan fingerprint density at radius 3 is 2.71 bits per heavy atom. The van der Waals surface area contributed by atoms with Crippen LogP contribution in [0.1, 0.15) is 28.9 Å². The molecule has 2 saturated heterocycles. The average Bonchev–Trinajstić information content (AvgIpc) is 3.29. The molecule has 2 fully saturated rings. The van der Waals surface area contributed by atoms with Gasteiger partial charge < -0.3 is 9.80 Å². The molecule has 2 amide bonds. The van der Waals surface area contributed by atoms with Gasteiger partial charge in [-0.1, -0.05) is 17.7 Å². The summed E-state index contributed by atoms with van der Waals surface area (Å²) in [6.07, 6.45) is 2.95.